The van der Waals surface area contributed by atoms with Gasteiger partial charge in [-0.3, -0.25) is 9.89 Å². The molecule has 136 valence electrons. The number of hydrogen-bond donors (Lipinski definition) is 2. The van der Waals surface area contributed by atoms with Gasteiger partial charge in [0.2, 0.25) is 0 Å². The first-order valence-corrected chi connectivity index (χ1v) is 9.08. The normalized spacial score (nSPS) is 10.8. The predicted molar refractivity (Wildman–Crippen MR) is 100 cm³/mol. The molecule has 25 heavy (non-hydrogen) atoms. The summed E-state index contributed by atoms with van der Waals surface area (Å²) in [5.41, 5.74) is 2.19. The van der Waals surface area contributed by atoms with E-state index in [9.17, 15) is 4.79 Å². The van der Waals surface area contributed by atoms with Gasteiger partial charge in [0, 0.05) is 6.54 Å². The lowest BCUT2D eigenvalue weighted by Crippen LogP contribution is -2.23. The zero-order valence-corrected chi connectivity index (χ0v) is 16.6. The van der Waals surface area contributed by atoms with Crippen molar-refractivity contribution in [3.63, 3.8) is 0 Å². The number of amides is 1. The minimum absolute atomic E-state index is 0.236. The van der Waals surface area contributed by atoms with Crippen LogP contribution in [0.15, 0.2) is 22.7 Å². The molecule has 0 saturated heterocycles. The Hall–Kier alpha value is -2.02. The van der Waals surface area contributed by atoms with Crippen LogP contribution in [0, 0.1) is 0 Å². The highest BCUT2D eigenvalue weighted by Gasteiger charge is 2.19. The van der Waals surface area contributed by atoms with Crippen molar-refractivity contribution in [2.45, 2.75) is 39.7 Å². The maximum atomic E-state index is 12.4. The van der Waals surface area contributed by atoms with Crippen molar-refractivity contribution in [3.8, 4) is 11.5 Å². The highest BCUT2D eigenvalue weighted by molar-refractivity contribution is 9.10. The van der Waals surface area contributed by atoms with Gasteiger partial charge in [-0.25, -0.2) is 0 Å². The molecule has 0 aliphatic rings. The molecule has 7 heteroatoms. The number of hydrogen-bond acceptors (Lipinski definition) is 4. The Morgan fingerprint density at radius 2 is 2.12 bits per heavy atom. The van der Waals surface area contributed by atoms with Gasteiger partial charge in [-0.2, -0.15) is 5.10 Å². The van der Waals surface area contributed by atoms with Crippen LogP contribution in [-0.4, -0.2) is 29.8 Å². The maximum absolute atomic E-state index is 12.4. The molecule has 1 aromatic carbocycles. The maximum Gasteiger partial charge on any atom is 0.273 e. The smallest absolute Gasteiger partial charge is 0.273 e. The molecule has 0 spiro atoms. The molecule has 1 amide bonds. The molecule has 0 radical (unpaired) electrons. The number of nitrogens with zero attached hydrogens (tertiary/aromatic N) is 1. The number of carbonyl (C=O) groups is 1. The molecule has 0 aliphatic heterocycles. The predicted octanol–water partition coefficient (Wildman–Crippen LogP) is 4.02. The Morgan fingerprint density at radius 1 is 1.36 bits per heavy atom. The standard InChI is InChI=1S/C18H24BrN3O3/c1-5-8-25-13-7-6-12(9-14(13)24-4)10-20-18(23)17-15(19)16(11(2)3)21-22-17/h6-7,9,11H,5,8,10H2,1-4H3,(H,20,23)(H,21,22). The van der Waals surface area contributed by atoms with Crippen LogP contribution in [0.1, 0.15) is 54.9 Å². The fourth-order valence-electron chi connectivity index (χ4n) is 2.29. The van der Waals surface area contributed by atoms with Crippen molar-refractivity contribution in [2.75, 3.05) is 13.7 Å². The molecule has 2 N–H and O–H groups in total. The van der Waals surface area contributed by atoms with E-state index in [1.54, 1.807) is 7.11 Å². The Kier molecular flexibility index (Phi) is 6.87. The van der Waals surface area contributed by atoms with E-state index in [4.69, 9.17) is 9.47 Å². The number of carbonyl (C=O) groups excluding carboxylic acids is 1. The van der Waals surface area contributed by atoms with Crippen LogP contribution in [-0.2, 0) is 6.54 Å². The molecule has 0 fully saturated rings. The van der Waals surface area contributed by atoms with E-state index in [1.807, 2.05) is 39.0 Å². The SMILES string of the molecule is CCCOc1ccc(CNC(=O)c2n[nH]c(C(C)C)c2Br)cc1OC. The van der Waals surface area contributed by atoms with Gasteiger partial charge in [-0.15, -0.1) is 0 Å². The number of halogens is 1. The highest BCUT2D eigenvalue weighted by atomic mass is 79.9. The van der Waals surface area contributed by atoms with Gasteiger partial charge < -0.3 is 14.8 Å². The van der Waals surface area contributed by atoms with E-state index in [-0.39, 0.29) is 11.8 Å². The Balaban J connectivity index is 2.04. The van der Waals surface area contributed by atoms with E-state index in [0.717, 1.165) is 17.7 Å². The molecule has 0 aliphatic carbocycles. The molecule has 1 aromatic heterocycles. The van der Waals surface area contributed by atoms with Crippen molar-refractivity contribution in [1.29, 1.82) is 0 Å². The van der Waals surface area contributed by atoms with Crippen LogP contribution in [0.3, 0.4) is 0 Å². The summed E-state index contributed by atoms with van der Waals surface area (Å²) in [5.74, 6) is 1.38. The number of aromatic amines is 1. The second-order valence-electron chi connectivity index (χ2n) is 5.97. The topological polar surface area (TPSA) is 76.2 Å². The van der Waals surface area contributed by atoms with Crippen LogP contribution in [0.4, 0.5) is 0 Å². The highest BCUT2D eigenvalue weighted by Crippen LogP contribution is 2.28. The molecular formula is C18H24BrN3O3. The van der Waals surface area contributed by atoms with E-state index < -0.39 is 0 Å². The lowest BCUT2D eigenvalue weighted by atomic mass is 10.1. The van der Waals surface area contributed by atoms with Crippen molar-refractivity contribution < 1.29 is 14.3 Å². The fourth-order valence-corrected chi connectivity index (χ4v) is 3.11. The van der Waals surface area contributed by atoms with Gasteiger partial charge in [0.05, 0.1) is 23.9 Å². The molecule has 2 aromatic rings. The second kappa shape index (κ2) is 8.89. The van der Waals surface area contributed by atoms with Gasteiger partial charge in [0.15, 0.2) is 17.2 Å². The average molecular weight is 410 g/mol. The van der Waals surface area contributed by atoms with Crippen LogP contribution >= 0.6 is 15.9 Å². The summed E-state index contributed by atoms with van der Waals surface area (Å²) in [6.07, 6.45) is 0.928. The zero-order valence-electron chi connectivity index (χ0n) is 15.0. The third kappa shape index (κ3) is 4.75. The number of methoxy groups -OCH3 is 1. The second-order valence-corrected chi connectivity index (χ2v) is 6.76. The first kappa shape index (κ1) is 19.3. The summed E-state index contributed by atoms with van der Waals surface area (Å²) in [4.78, 5) is 12.4. The molecule has 0 atom stereocenters. The third-order valence-corrected chi connectivity index (χ3v) is 4.47. The van der Waals surface area contributed by atoms with E-state index in [0.29, 0.717) is 34.8 Å². The van der Waals surface area contributed by atoms with Crippen LogP contribution in [0.5, 0.6) is 11.5 Å². The van der Waals surface area contributed by atoms with Crippen molar-refractivity contribution in [2.24, 2.45) is 0 Å². The molecule has 0 bridgehead atoms. The van der Waals surface area contributed by atoms with Gasteiger partial charge >= 0.3 is 0 Å². The molecule has 2 rings (SSSR count). The Labute approximate surface area is 156 Å². The first-order valence-electron chi connectivity index (χ1n) is 8.29. The van der Waals surface area contributed by atoms with Crippen molar-refractivity contribution in [1.82, 2.24) is 15.5 Å². The summed E-state index contributed by atoms with van der Waals surface area (Å²) in [6.45, 7) is 7.13. The molecular weight excluding hydrogens is 386 g/mol. The van der Waals surface area contributed by atoms with E-state index in [1.165, 1.54) is 0 Å². The summed E-state index contributed by atoms with van der Waals surface area (Å²) >= 11 is 3.44. The minimum atomic E-state index is -0.236. The Bertz CT molecular complexity index is 728. The number of ether oxygens (including phenoxy) is 2. The lowest BCUT2D eigenvalue weighted by Gasteiger charge is -2.12. The van der Waals surface area contributed by atoms with Gasteiger partial charge in [-0.05, 0) is 46.0 Å². The molecule has 0 unspecified atom stereocenters. The van der Waals surface area contributed by atoms with Gasteiger partial charge in [0.1, 0.15) is 0 Å². The van der Waals surface area contributed by atoms with Crippen molar-refractivity contribution >= 4 is 21.8 Å². The number of nitrogens with one attached hydrogen (secondary N) is 2. The number of aromatic nitrogens is 2. The average Bonchev–Trinajstić information content (AvgIpc) is 2.99. The minimum Gasteiger partial charge on any atom is -0.493 e. The summed E-state index contributed by atoms with van der Waals surface area (Å²) in [5, 5.41) is 9.88. The van der Waals surface area contributed by atoms with Crippen LogP contribution in [0.2, 0.25) is 0 Å². The monoisotopic (exact) mass is 409 g/mol. The summed E-state index contributed by atoms with van der Waals surface area (Å²) < 4.78 is 11.7. The van der Waals surface area contributed by atoms with Gasteiger partial charge in [0.25, 0.3) is 5.91 Å². The number of benzene rings is 1. The fraction of sp³-hybridized carbons (Fsp3) is 0.444. The molecule has 0 saturated carbocycles. The van der Waals surface area contributed by atoms with Crippen molar-refractivity contribution in [3.05, 3.63) is 39.6 Å². The van der Waals surface area contributed by atoms with E-state index in [2.05, 4.69) is 31.4 Å². The third-order valence-electron chi connectivity index (χ3n) is 3.67. The van der Waals surface area contributed by atoms with Crippen LogP contribution < -0.4 is 14.8 Å². The molecule has 6 nitrogen and oxygen atoms in total. The molecule has 1 heterocycles. The largest absolute Gasteiger partial charge is 0.493 e. The summed E-state index contributed by atoms with van der Waals surface area (Å²) in [6, 6.07) is 5.63. The lowest BCUT2D eigenvalue weighted by molar-refractivity contribution is 0.0945. The summed E-state index contributed by atoms with van der Waals surface area (Å²) in [7, 11) is 1.60. The zero-order chi connectivity index (χ0) is 18.4. The Morgan fingerprint density at radius 3 is 2.72 bits per heavy atom. The van der Waals surface area contributed by atoms with Crippen LogP contribution in [0.25, 0.3) is 0 Å². The number of H-pyrrole nitrogens is 1. The quantitative estimate of drug-likeness (QED) is 0.689. The first-order chi connectivity index (χ1) is 12.0. The van der Waals surface area contributed by atoms with E-state index >= 15 is 0 Å². The van der Waals surface area contributed by atoms with Gasteiger partial charge in [-0.1, -0.05) is 26.8 Å². The number of rotatable bonds is 8.